The smallest absolute Gasteiger partial charge is 0.232 e. The van der Waals surface area contributed by atoms with E-state index in [0.717, 1.165) is 10.6 Å². The van der Waals surface area contributed by atoms with Gasteiger partial charge in [0.1, 0.15) is 0 Å². The van der Waals surface area contributed by atoms with Crippen molar-refractivity contribution in [2.45, 2.75) is 13.3 Å². The van der Waals surface area contributed by atoms with Crippen molar-refractivity contribution < 1.29 is 9.59 Å². The van der Waals surface area contributed by atoms with Crippen LogP contribution in [0.2, 0.25) is 0 Å². The Bertz CT molecular complexity index is 688. The third kappa shape index (κ3) is 3.36. The summed E-state index contributed by atoms with van der Waals surface area (Å²) in [6.45, 7) is 2.12. The van der Waals surface area contributed by atoms with Crippen LogP contribution in [0.3, 0.4) is 0 Å². The molecule has 1 saturated heterocycles. The van der Waals surface area contributed by atoms with Crippen molar-refractivity contribution in [2.24, 2.45) is 5.92 Å². The molecule has 1 unspecified atom stereocenters. The van der Waals surface area contributed by atoms with Crippen molar-refractivity contribution in [3.8, 4) is 10.6 Å². The van der Waals surface area contributed by atoms with Crippen LogP contribution in [0.4, 0.5) is 5.95 Å². The quantitative estimate of drug-likeness (QED) is 0.861. The van der Waals surface area contributed by atoms with Crippen LogP contribution in [0.1, 0.15) is 13.3 Å². The lowest BCUT2D eigenvalue weighted by molar-refractivity contribution is -0.117. The zero-order valence-electron chi connectivity index (χ0n) is 12.1. The number of rotatable bonds is 4. The zero-order chi connectivity index (χ0) is 15.5. The predicted molar refractivity (Wildman–Crippen MR) is 88.9 cm³/mol. The summed E-state index contributed by atoms with van der Waals surface area (Å²) in [5.74, 6) is 1.32. The van der Waals surface area contributed by atoms with Gasteiger partial charge >= 0.3 is 0 Å². The molecule has 0 aliphatic carbocycles. The molecule has 22 heavy (non-hydrogen) atoms. The minimum absolute atomic E-state index is 0.0254. The van der Waals surface area contributed by atoms with Crippen LogP contribution in [0.5, 0.6) is 0 Å². The maximum Gasteiger partial charge on any atom is 0.232 e. The third-order valence-corrected chi connectivity index (χ3v) is 5.32. The second-order valence-electron chi connectivity index (χ2n) is 5.10. The lowest BCUT2D eigenvalue weighted by atomic mass is 10.1. The van der Waals surface area contributed by atoms with E-state index in [-0.39, 0.29) is 16.9 Å². The molecule has 3 heterocycles. The molecule has 0 N–H and O–H groups in total. The topological polar surface area (TPSA) is 63.2 Å². The number of carbonyl (C=O) groups excluding carboxylic acids is 2. The van der Waals surface area contributed by atoms with E-state index in [1.165, 1.54) is 11.8 Å². The molecule has 114 valence electrons. The van der Waals surface area contributed by atoms with Crippen molar-refractivity contribution in [1.82, 2.24) is 9.97 Å². The minimum Gasteiger partial charge on any atom is -0.288 e. The molecule has 1 fully saturated rings. The molecule has 0 bridgehead atoms. The molecule has 1 atom stereocenters. The highest BCUT2D eigenvalue weighted by Crippen LogP contribution is 2.28. The average Bonchev–Trinajstić information content (AvgIpc) is 3.15. The molecule has 7 heteroatoms. The predicted octanol–water partition coefficient (Wildman–Crippen LogP) is 2.84. The molecule has 0 spiro atoms. The minimum atomic E-state index is 0.0254. The Hall–Kier alpha value is -1.73. The van der Waals surface area contributed by atoms with E-state index >= 15 is 0 Å². The maximum absolute atomic E-state index is 12.2. The van der Waals surface area contributed by atoms with E-state index in [1.807, 2.05) is 23.6 Å². The first-order valence-electron chi connectivity index (χ1n) is 6.94. The molecule has 1 aliphatic heterocycles. The second kappa shape index (κ2) is 6.58. The van der Waals surface area contributed by atoms with E-state index < -0.39 is 0 Å². The Morgan fingerprint density at radius 3 is 3.09 bits per heavy atom. The number of hydrogen-bond donors (Lipinski definition) is 0. The molecule has 3 rings (SSSR count). The van der Waals surface area contributed by atoms with Crippen molar-refractivity contribution in [2.75, 3.05) is 17.2 Å². The number of carbonyl (C=O) groups is 2. The van der Waals surface area contributed by atoms with Gasteiger partial charge in [0.25, 0.3) is 0 Å². The highest BCUT2D eigenvalue weighted by Gasteiger charge is 2.32. The molecule has 1 aliphatic rings. The Balaban J connectivity index is 1.75. The van der Waals surface area contributed by atoms with E-state index in [4.69, 9.17) is 0 Å². The zero-order valence-corrected chi connectivity index (χ0v) is 13.7. The van der Waals surface area contributed by atoms with Gasteiger partial charge in [-0.15, -0.1) is 11.3 Å². The molecule has 0 saturated carbocycles. The molecular formula is C15H15N3O2S2. The van der Waals surface area contributed by atoms with Crippen LogP contribution < -0.4 is 4.90 Å². The number of thiophene rings is 1. The summed E-state index contributed by atoms with van der Waals surface area (Å²) in [7, 11) is 0. The monoisotopic (exact) mass is 333 g/mol. The molecular weight excluding hydrogens is 318 g/mol. The van der Waals surface area contributed by atoms with Gasteiger partial charge in [-0.05, 0) is 23.4 Å². The summed E-state index contributed by atoms with van der Waals surface area (Å²) in [6.07, 6.45) is 2.13. The number of anilines is 1. The van der Waals surface area contributed by atoms with Crippen LogP contribution in [0.15, 0.2) is 29.8 Å². The number of hydrogen-bond acceptors (Lipinski definition) is 6. The van der Waals surface area contributed by atoms with Crippen molar-refractivity contribution >= 4 is 40.1 Å². The fraction of sp³-hybridized carbons (Fsp3) is 0.333. The van der Waals surface area contributed by atoms with E-state index in [2.05, 4.69) is 9.97 Å². The highest BCUT2D eigenvalue weighted by atomic mass is 32.2. The van der Waals surface area contributed by atoms with E-state index in [1.54, 1.807) is 29.4 Å². The second-order valence-corrected chi connectivity index (χ2v) is 7.24. The van der Waals surface area contributed by atoms with Gasteiger partial charge in [-0.2, -0.15) is 0 Å². The molecule has 5 nitrogen and oxygen atoms in total. The summed E-state index contributed by atoms with van der Waals surface area (Å²) in [5.41, 5.74) is 0.828. The molecule has 1 amide bonds. The van der Waals surface area contributed by atoms with Crippen molar-refractivity contribution in [1.29, 1.82) is 0 Å². The number of thioether (sulfide) groups is 1. The Morgan fingerprint density at radius 1 is 1.50 bits per heavy atom. The first kappa shape index (κ1) is 15.2. The van der Waals surface area contributed by atoms with E-state index in [0.29, 0.717) is 24.7 Å². The lowest BCUT2D eigenvalue weighted by Crippen LogP contribution is -2.26. The molecule has 0 radical (unpaired) electrons. The third-order valence-electron chi connectivity index (χ3n) is 3.39. The average molecular weight is 333 g/mol. The van der Waals surface area contributed by atoms with Crippen LogP contribution in [-0.4, -0.2) is 33.3 Å². The number of amides is 1. The fourth-order valence-electron chi connectivity index (χ4n) is 2.36. The number of aromatic nitrogens is 2. The summed E-state index contributed by atoms with van der Waals surface area (Å²) >= 11 is 2.88. The molecule has 2 aromatic heterocycles. The normalized spacial score (nSPS) is 18.0. The van der Waals surface area contributed by atoms with Gasteiger partial charge in [0.15, 0.2) is 5.12 Å². The van der Waals surface area contributed by atoms with Gasteiger partial charge in [0, 0.05) is 31.8 Å². The SMILES string of the molecule is CC(=O)SCC1CC(=O)N(c2nccc(-c3cccs3)n2)C1. The standard InChI is InChI=1S/C15H15N3O2S2/c1-10(19)22-9-11-7-14(20)18(8-11)15-16-5-4-12(17-15)13-3-2-6-21-13/h2-6,11H,7-9H2,1H3. The highest BCUT2D eigenvalue weighted by molar-refractivity contribution is 8.13. The van der Waals surface area contributed by atoms with Crippen LogP contribution >= 0.6 is 23.1 Å². The van der Waals surface area contributed by atoms with Crippen LogP contribution in [0.25, 0.3) is 10.6 Å². The Labute approximate surface area is 136 Å². The summed E-state index contributed by atoms with van der Waals surface area (Å²) in [4.78, 5) is 34.7. The van der Waals surface area contributed by atoms with Gasteiger partial charge in [0.2, 0.25) is 11.9 Å². The van der Waals surface area contributed by atoms with Crippen LogP contribution in [0, 0.1) is 5.92 Å². The largest absolute Gasteiger partial charge is 0.288 e. The Morgan fingerprint density at radius 2 is 2.36 bits per heavy atom. The maximum atomic E-state index is 12.2. The summed E-state index contributed by atoms with van der Waals surface area (Å²) in [5, 5.41) is 2.08. The van der Waals surface area contributed by atoms with Gasteiger partial charge in [-0.3, -0.25) is 14.5 Å². The Kier molecular flexibility index (Phi) is 4.54. The summed E-state index contributed by atoms with van der Waals surface area (Å²) in [6, 6.07) is 5.81. The summed E-state index contributed by atoms with van der Waals surface area (Å²) < 4.78 is 0. The van der Waals surface area contributed by atoms with Gasteiger partial charge in [-0.25, -0.2) is 9.97 Å². The first-order valence-corrected chi connectivity index (χ1v) is 8.80. The van der Waals surface area contributed by atoms with Gasteiger partial charge in [-0.1, -0.05) is 17.8 Å². The van der Waals surface area contributed by atoms with Gasteiger partial charge in [0.05, 0.1) is 10.6 Å². The number of nitrogens with zero attached hydrogens (tertiary/aromatic N) is 3. The first-order chi connectivity index (χ1) is 10.6. The van der Waals surface area contributed by atoms with Crippen molar-refractivity contribution in [3.05, 3.63) is 29.8 Å². The van der Waals surface area contributed by atoms with E-state index in [9.17, 15) is 9.59 Å². The molecule has 2 aromatic rings. The lowest BCUT2D eigenvalue weighted by Gasteiger charge is -2.14. The van der Waals surface area contributed by atoms with Crippen LogP contribution in [-0.2, 0) is 9.59 Å². The molecule has 0 aromatic carbocycles. The van der Waals surface area contributed by atoms with Gasteiger partial charge < -0.3 is 0 Å². The fourth-order valence-corrected chi connectivity index (χ4v) is 3.75. The van der Waals surface area contributed by atoms with Crippen molar-refractivity contribution in [3.63, 3.8) is 0 Å².